The molecule has 0 aromatic rings. The van der Waals surface area contributed by atoms with Crippen molar-refractivity contribution in [3.63, 3.8) is 0 Å². The maximum absolute atomic E-state index is 12.8. The topological polar surface area (TPSA) is 78.9 Å². The maximum atomic E-state index is 12.8. The summed E-state index contributed by atoms with van der Waals surface area (Å²) >= 11 is 0. The van der Waals surface area contributed by atoms with Crippen LogP contribution in [0.25, 0.3) is 0 Å². The Kier molecular flexibility index (Phi) is 59.2. The van der Waals surface area contributed by atoms with Gasteiger partial charge in [0.2, 0.25) is 0 Å². The van der Waals surface area contributed by atoms with E-state index in [4.69, 9.17) is 14.2 Å². The van der Waals surface area contributed by atoms with Crippen molar-refractivity contribution in [1.29, 1.82) is 0 Å². The molecule has 0 spiro atoms. The molecule has 0 aliphatic rings. The van der Waals surface area contributed by atoms with Crippen LogP contribution < -0.4 is 0 Å². The van der Waals surface area contributed by atoms with Gasteiger partial charge in [-0.2, -0.15) is 0 Å². The van der Waals surface area contributed by atoms with Gasteiger partial charge in [-0.1, -0.05) is 295 Å². The minimum absolute atomic E-state index is 0.0694. The van der Waals surface area contributed by atoms with Crippen LogP contribution in [-0.2, 0) is 28.6 Å². The predicted molar refractivity (Wildman–Crippen MR) is 312 cm³/mol. The fourth-order valence-corrected chi connectivity index (χ4v) is 9.52. The Morgan fingerprint density at radius 1 is 0.278 bits per heavy atom. The highest BCUT2D eigenvalue weighted by Crippen LogP contribution is 2.17. The second kappa shape index (κ2) is 61.2. The van der Waals surface area contributed by atoms with E-state index in [2.05, 4.69) is 57.2 Å². The molecule has 6 nitrogen and oxygen atoms in total. The first-order chi connectivity index (χ1) is 35.5. The van der Waals surface area contributed by atoms with E-state index < -0.39 is 6.10 Å². The molecule has 0 radical (unpaired) electrons. The van der Waals surface area contributed by atoms with Gasteiger partial charge in [-0.15, -0.1) is 0 Å². The Bertz CT molecular complexity index is 1210. The lowest BCUT2D eigenvalue weighted by atomic mass is 10.0. The van der Waals surface area contributed by atoms with E-state index in [1.165, 1.54) is 238 Å². The molecule has 6 heteroatoms. The average Bonchev–Trinajstić information content (AvgIpc) is 3.38. The number of carbonyl (C=O) groups excluding carboxylic acids is 3. The Labute approximate surface area is 448 Å². The third-order valence-electron chi connectivity index (χ3n) is 14.4. The van der Waals surface area contributed by atoms with Crippen molar-refractivity contribution in [1.82, 2.24) is 0 Å². The first-order valence-corrected chi connectivity index (χ1v) is 32.0. The highest BCUT2D eigenvalue weighted by atomic mass is 16.6. The highest BCUT2D eigenvalue weighted by Gasteiger charge is 2.19. The van der Waals surface area contributed by atoms with Gasteiger partial charge >= 0.3 is 17.9 Å². The predicted octanol–water partition coefficient (Wildman–Crippen LogP) is 21.6. The van der Waals surface area contributed by atoms with Crippen LogP contribution in [0.4, 0.5) is 0 Å². The summed E-state index contributed by atoms with van der Waals surface area (Å²) < 4.78 is 16.9. The van der Waals surface area contributed by atoms with Crippen LogP contribution in [0.3, 0.4) is 0 Å². The van der Waals surface area contributed by atoms with E-state index >= 15 is 0 Å². The fraction of sp³-hybridized carbons (Fsp3) is 0.864. The Morgan fingerprint density at radius 2 is 0.514 bits per heavy atom. The van der Waals surface area contributed by atoms with Crippen molar-refractivity contribution >= 4 is 17.9 Å². The van der Waals surface area contributed by atoms with Crippen LogP contribution in [0, 0.1) is 0 Å². The van der Waals surface area contributed by atoms with Crippen molar-refractivity contribution in [3.8, 4) is 0 Å². The number of carbonyl (C=O) groups is 3. The summed E-state index contributed by atoms with van der Waals surface area (Å²) in [5, 5.41) is 0. The summed E-state index contributed by atoms with van der Waals surface area (Å²) in [7, 11) is 0. The SMILES string of the molecule is CCCC/C=C\CCCCCCCC(=O)OCC(COC(=O)CCCCCCCCCCCCCCCCCCCCC/C=C\C/C=C\CCCCCCC)OC(=O)CCCCCCCCCCCCCC. The largest absolute Gasteiger partial charge is 0.462 e. The van der Waals surface area contributed by atoms with Gasteiger partial charge < -0.3 is 14.2 Å². The summed E-state index contributed by atoms with van der Waals surface area (Å²) in [5.41, 5.74) is 0. The second-order valence-corrected chi connectivity index (χ2v) is 21.7. The lowest BCUT2D eigenvalue weighted by Crippen LogP contribution is -2.30. The number of unbranched alkanes of at least 4 members (excludes halogenated alkanes) is 42. The minimum atomic E-state index is -0.770. The molecule has 0 fully saturated rings. The monoisotopic (exact) mass is 1010 g/mol. The third-order valence-corrected chi connectivity index (χ3v) is 14.4. The van der Waals surface area contributed by atoms with Gasteiger partial charge in [0.25, 0.3) is 0 Å². The normalized spacial score (nSPS) is 12.2. The maximum Gasteiger partial charge on any atom is 0.306 e. The molecule has 1 unspecified atom stereocenters. The van der Waals surface area contributed by atoms with Gasteiger partial charge in [-0.05, 0) is 70.6 Å². The van der Waals surface area contributed by atoms with Crippen molar-refractivity contribution in [2.24, 2.45) is 0 Å². The number of rotatable bonds is 59. The zero-order chi connectivity index (χ0) is 52.2. The molecule has 0 bridgehead atoms. The van der Waals surface area contributed by atoms with Crippen LogP contribution in [0.1, 0.15) is 348 Å². The summed E-state index contributed by atoms with van der Waals surface area (Å²) in [6, 6.07) is 0. The van der Waals surface area contributed by atoms with Gasteiger partial charge in [0.15, 0.2) is 6.10 Å². The quantitative estimate of drug-likeness (QED) is 0.0261. The summed E-state index contributed by atoms with van der Waals surface area (Å²) in [6.45, 7) is 6.62. The molecule has 0 heterocycles. The van der Waals surface area contributed by atoms with Gasteiger partial charge in [0.05, 0.1) is 0 Å². The number of ether oxygens (including phenoxy) is 3. The van der Waals surface area contributed by atoms with Crippen LogP contribution in [0.2, 0.25) is 0 Å². The molecule has 72 heavy (non-hydrogen) atoms. The third kappa shape index (κ3) is 58.5. The van der Waals surface area contributed by atoms with Gasteiger partial charge in [-0.25, -0.2) is 0 Å². The first-order valence-electron chi connectivity index (χ1n) is 32.0. The molecule has 0 aromatic heterocycles. The number of allylic oxidation sites excluding steroid dienone is 6. The first kappa shape index (κ1) is 69.6. The van der Waals surface area contributed by atoms with E-state index in [1.807, 2.05) is 0 Å². The van der Waals surface area contributed by atoms with E-state index in [0.717, 1.165) is 70.6 Å². The standard InChI is InChI=1S/C66H122O6/c1-4-7-10-13-16-19-22-24-25-26-27-28-29-30-31-32-33-34-35-36-37-38-39-40-41-42-45-47-50-53-56-59-65(68)71-62-63(61-70-64(67)58-55-52-49-46-43-21-18-15-12-9-6-3)72-66(69)60-57-54-51-48-44-23-20-17-14-11-8-5-2/h15,18,22,24,26-27,63H,4-14,16-17,19-21,23,25,28-62H2,1-3H3/b18-15-,24-22-,27-26-. The average molecular weight is 1010 g/mol. The van der Waals surface area contributed by atoms with Crippen LogP contribution in [-0.4, -0.2) is 37.2 Å². The lowest BCUT2D eigenvalue weighted by molar-refractivity contribution is -0.167. The van der Waals surface area contributed by atoms with Crippen molar-refractivity contribution < 1.29 is 28.6 Å². The zero-order valence-corrected chi connectivity index (χ0v) is 48.5. The van der Waals surface area contributed by atoms with Crippen molar-refractivity contribution in [3.05, 3.63) is 36.5 Å². The van der Waals surface area contributed by atoms with Gasteiger partial charge in [0, 0.05) is 19.3 Å². The molecule has 1 atom stereocenters. The van der Waals surface area contributed by atoms with E-state index in [9.17, 15) is 14.4 Å². The number of hydrogen-bond donors (Lipinski definition) is 0. The highest BCUT2D eigenvalue weighted by molar-refractivity contribution is 5.71. The Morgan fingerprint density at radius 3 is 0.819 bits per heavy atom. The second-order valence-electron chi connectivity index (χ2n) is 21.7. The summed E-state index contributed by atoms with van der Waals surface area (Å²) in [6.07, 6.45) is 74.6. The molecule has 0 saturated heterocycles. The summed E-state index contributed by atoms with van der Waals surface area (Å²) in [4.78, 5) is 38.1. The smallest absolute Gasteiger partial charge is 0.306 e. The molecule has 0 saturated carbocycles. The number of esters is 3. The van der Waals surface area contributed by atoms with Crippen molar-refractivity contribution in [2.45, 2.75) is 354 Å². The Balaban J connectivity index is 4.04. The van der Waals surface area contributed by atoms with Gasteiger partial charge in [0.1, 0.15) is 13.2 Å². The molecular formula is C66H122O6. The van der Waals surface area contributed by atoms with Crippen LogP contribution in [0.15, 0.2) is 36.5 Å². The molecule has 0 rings (SSSR count). The van der Waals surface area contributed by atoms with Gasteiger partial charge in [-0.3, -0.25) is 14.4 Å². The number of hydrogen-bond acceptors (Lipinski definition) is 6. The van der Waals surface area contributed by atoms with E-state index in [-0.39, 0.29) is 31.1 Å². The fourth-order valence-electron chi connectivity index (χ4n) is 9.52. The zero-order valence-electron chi connectivity index (χ0n) is 48.5. The molecule has 0 aliphatic heterocycles. The Hall–Kier alpha value is -2.37. The van der Waals surface area contributed by atoms with Crippen molar-refractivity contribution in [2.75, 3.05) is 13.2 Å². The molecular weight excluding hydrogens is 889 g/mol. The summed E-state index contributed by atoms with van der Waals surface area (Å²) in [5.74, 6) is -0.860. The minimum Gasteiger partial charge on any atom is -0.462 e. The molecule has 0 aromatic carbocycles. The molecule has 0 aliphatic carbocycles. The van der Waals surface area contributed by atoms with Crippen LogP contribution >= 0.6 is 0 Å². The molecule has 0 N–H and O–H groups in total. The molecule has 422 valence electrons. The lowest BCUT2D eigenvalue weighted by Gasteiger charge is -2.18. The molecule has 0 amide bonds. The van der Waals surface area contributed by atoms with E-state index in [1.54, 1.807) is 0 Å². The van der Waals surface area contributed by atoms with Crippen LogP contribution in [0.5, 0.6) is 0 Å². The van der Waals surface area contributed by atoms with E-state index in [0.29, 0.717) is 19.3 Å².